The molecule has 0 saturated carbocycles. The van der Waals surface area contributed by atoms with E-state index in [4.69, 9.17) is 0 Å². The average Bonchev–Trinajstić information content (AvgIpc) is 2.29. The van der Waals surface area contributed by atoms with Gasteiger partial charge in [-0.05, 0) is 6.26 Å². The highest BCUT2D eigenvalue weighted by molar-refractivity contribution is 8.35. The van der Waals surface area contributed by atoms with Crippen LogP contribution in [0, 0.1) is 10.2 Å². The first-order valence-corrected chi connectivity index (χ1v) is 7.68. The summed E-state index contributed by atoms with van der Waals surface area (Å²) in [4.78, 5) is 0. The molecule has 0 aromatic rings. The fraction of sp³-hybridized carbons (Fsp3) is 1.00. The van der Waals surface area contributed by atoms with E-state index in [1.807, 2.05) is 6.92 Å². The number of thioether (sulfide) groups is 3. The SMILES string of the molecule is CSC1(O[Cl+3]([O-])([O-])[O-])SCC(C)S1. The molecule has 0 aliphatic carbocycles. The molecule has 1 aliphatic heterocycles. The first kappa shape index (κ1) is 12.3. The smallest absolute Gasteiger partial charge is 0.183 e. The Balaban J connectivity index is 2.61. The largest absolute Gasteiger partial charge is 0.361 e. The normalized spacial score (nSPS) is 35.3. The number of rotatable bonds is 3. The minimum Gasteiger partial charge on any atom is -0.183 e. The molecule has 4 nitrogen and oxygen atoms in total. The maximum atomic E-state index is 10.4. The molecule has 8 heteroatoms. The molecule has 78 valence electrons. The van der Waals surface area contributed by atoms with Crippen molar-refractivity contribution in [3.05, 3.63) is 0 Å². The van der Waals surface area contributed by atoms with Crippen molar-refractivity contribution in [2.45, 2.75) is 15.8 Å². The van der Waals surface area contributed by atoms with Crippen LogP contribution in [0.25, 0.3) is 0 Å². The van der Waals surface area contributed by atoms with E-state index in [-0.39, 0.29) is 0 Å². The van der Waals surface area contributed by atoms with Crippen LogP contribution in [0.15, 0.2) is 0 Å². The maximum Gasteiger partial charge on any atom is 0.361 e. The van der Waals surface area contributed by atoms with E-state index in [1.165, 1.54) is 35.3 Å². The fourth-order valence-corrected chi connectivity index (χ4v) is 6.26. The van der Waals surface area contributed by atoms with Crippen molar-refractivity contribution in [1.29, 1.82) is 0 Å². The van der Waals surface area contributed by atoms with Gasteiger partial charge in [-0.1, -0.05) is 42.2 Å². The van der Waals surface area contributed by atoms with Crippen molar-refractivity contribution >= 4 is 35.3 Å². The van der Waals surface area contributed by atoms with E-state index in [0.29, 0.717) is 5.25 Å². The molecule has 1 aliphatic rings. The molecule has 1 fully saturated rings. The summed E-state index contributed by atoms with van der Waals surface area (Å²) >= 11 is 3.93. The van der Waals surface area contributed by atoms with Crippen LogP contribution in [-0.2, 0) is 4.29 Å². The van der Waals surface area contributed by atoms with Gasteiger partial charge in [0.2, 0.25) is 0 Å². The van der Waals surface area contributed by atoms with Gasteiger partial charge < -0.3 is 0 Å². The molecule has 13 heavy (non-hydrogen) atoms. The summed E-state index contributed by atoms with van der Waals surface area (Å²) in [7, 11) is -4.34. The van der Waals surface area contributed by atoms with Gasteiger partial charge in [0.05, 0.1) is 10.2 Å². The van der Waals surface area contributed by atoms with Gasteiger partial charge in [-0.3, -0.25) is 0 Å². The molecule has 0 bridgehead atoms. The third-order valence-electron chi connectivity index (χ3n) is 1.28. The van der Waals surface area contributed by atoms with E-state index >= 15 is 0 Å². The minimum atomic E-state index is -4.34. The van der Waals surface area contributed by atoms with Gasteiger partial charge in [0.1, 0.15) is 4.29 Å². The second kappa shape index (κ2) is 4.36. The van der Waals surface area contributed by atoms with Gasteiger partial charge in [-0.15, -0.1) is 0 Å². The second-order valence-corrected chi connectivity index (χ2v) is 7.88. The lowest BCUT2D eigenvalue weighted by Gasteiger charge is -2.22. The molecular weight excluding hydrogens is 256 g/mol. The highest BCUT2D eigenvalue weighted by Crippen LogP contribution is 2.55. The number of hydrogen-bond donors (Lipinski definition) is 0. The molecule has 1 saturated heterocycles. The Labute approximate surface area is 91.5 Å². The molecule has 1 rings (SSSR count). The third-order valence-corrected chi connectivity index (χ3v) is 7.10. The average molecular weight is 265 g/mol. The van der Waals surface area contributed by atoms with Gasteiger partial charge in [0, 0.05) is 11.0 Å². The maximum absolute atomic E-state index is 10.4. The lowest BCUT2D eigenvalue weighted by molar-refractivity contribution is -1.92. The summed E-state index contributed by atoms with van der Waals surface area (Å²) in [5, 5.41) is 0.300. The zero-order valence-electron chi connectivity index (χ0n) is 7.02. The molecule has 2 unspecified atom stereocenters. The van der Waals surface area contributed by atoms with Crippen LogP contribution in [0.1, 0.15) is 6.92 Å². The van der Waals surface area contributed by atoms with Crippen molar-refractivity contribution in [3.8, 4) is 0 Å². The first-order valence-electron chi connectivity index (χ1n) is 3.35. The van der Waals surface area contributed by atoms with Crippen LogP contribution in [0.2, 0.25) is 0 Å². The van der Waals surface area contributed by atoms with Gasteiger partial charge in [-0.25, -0.2) is 0 Å². The van der Waals surface area contributed by atoms with Crippen LogP contribution in [-0.4, -0.2) is 20.9 Å². The molecule has 2 atom stereocenters. The van der Waals surface area contributed by atoms with Gasteiger partial charge in [0.25, 0.3) is 0 Å². The van der Waals surface area contributed by atoms with Crippen LogP contribution in [0.5, 0.6) is 0 Å². The first-order chi connectivity index (χ1) is 5.87. The summed E-state index contributed by atoms with van der Waals surface area (Å²) in [6.07, 6.45) is 1.72. The lowest BCUT2D eigenvalue weighted by Crippen LogP contribution is -2.63. The summed E-state index contributed by atoms with van der Waals surface area (Å²) in [5.74, 6) is 0.788. The Bertz CT molecular complexity index is 187. The highest BCUT2D eigenvalue weighted by Gasteiger charge is 2.52. The molecular formula is C5H9ClO4S3. The molecule has 1 heterocycles. The van der Waals surface area contributed by atoms with Crippen molar-refractivity contribution < 1.29 is 28.5 Å². The highest BCUT2D eigenvalue weighted by atomic mass is 35.7. The Morgan fingerprint density at radius 3 is 2.46 bits per heavy atom. The van der Waals surface area contributed by atoms with Crippen molar-refractivity contribution in [3.63, 3.8) is 0 Å². The van der Waals surface area contributed by atoms with E-state index in [9.17, 15) is 14.0 Å². The third kappa shape index (κ3) is 3.67. The van der Waals surface area contributed by atoms with E-state index in [1.54, 1.807) is 6.26 Å². The topological polar surface area (TPSA) is 78.4 Å². The molecule has 0 amide bonds. The summed E-state index contributed by atoms with van der Waals surface area (Å²) in [6.45, 7) is 1.97. The fourth-order valence-electron chi connectivity index (χ4n) is 0.829. The zero-order valence-corrected chi connectivity index (χ0v) is 10.2. The quantitative estimate of drug-likeness (QED) is 0.589. The number of hydrogen-bond acceptors (Lipinski definition) is 7. The van der Waals surface area contributed by atoms with E-state index in [2.05, 4.69) is 4.29 Å². The molecule has 0 N–H and O–H groups in total. The van der Waals surface area contributed by atoms with Gasteiger partial charge in [-0.2, -0.15) is 14.0 Å². The van der Waals surface area contributed by atoms with Crippen LogP contribution in [0.4, 0.5) is 0 Å². The van der Waals surface area contributed by atoms with Crippen LogP contribution < -0.4 is 14.0 Å². The molecule has 0 aromatic heterocycles. The minimum absolute atomic E-state index is 0.300. The monoisotopic (exact) mass is 264 g/mol. The standard InChI is InChI=1S/C5H9ClO4S3/c1-4-3-12-5(11-2,13-4)10-6(7,8)9/h4H,3H2,1-2H3. The van der Waals surface area contributed by atoms with Crippen LogP contribution >= 0.6 is 35.3 Å². The Hall–Kier alpha value is 1.18. The van der Waals surface area contributed by atoms with E-state index < -0.39 is 13.8 Å². The van der Waals surface area contributed by atoms with E-state index in [0.717, 1.165) is 5.75 Å². The second-order valence-electron chi connectivity index (χ2n) is 2.40. The van der Waals surface area contributed by atoms with Crippen molar-refractivity contribution in [1.82, 2.24) is 0 Å². The summed E-state index contributed by atoms with van der Waals surface area (Å²) in [5.41, 5.74) is 0. The molecule has 0 spiro atoms. The Kier molecular flexibility index (Phi) is 4.11. The van der Waals surface area contributed by atoms with Crippen molar-refractivity contribution in [2.75, 3.05) is 12.0 Å². The lowest BCUT2D eigenvalue weighted by atomic mass is 10.6. The summed E-state index contributed by atoms with van der Waals surface area (Å²) in [6, 6.07) is 0. The molecule has 0 aromatic carbocycles. The predicted octanol–water partition coefficient (Wildman–Crippen LogP) is -1.26. The van der Waals surface area contributed by atoms with Crippen LogP contribution in [0.3, 0.4) is 0 Å². The van der Waals surface area contributed by atoms with Gasteiger partial charge >= 0.3 is 3.60 Å². The zero-order chi connectivity index (χ0) is 10.1. The van der Waals surface area contributed by atoms with Gasteiger partial charge in [0.15, 0.2) is 0 Å². The number of halogens is 1. The molecule has 0 radical (unpaired) electrons. The Morgan fingerprint density at radius 1 is 1.54 bits per heavy atom. The Morgan fingerprint density at radius 2 is 2.15 bits per heavy atom. The summed E-state index contributed by atoms with van der Waals surface area (Å²) < 4.78 is 34.8. The predicted molar refractivity (Wildman–Crippen MR) is 46.8 cm³/mol. The van der Waals surface area contributed by atoms with Crippen molar-refractivity contribution in [2.24, 2.45) is 0 Å².